The predicted octanol–water partition coefficient (Wildman–Crippen LogP) is 1.70. The van der Waals surface area contributed by atoms with E-state index in [4.69, 9.17) is 5.11 Å². The van der Waals surface area contributed by atoms with Crippen molar-refractivity contribution >= 4 is 12.4 Å². The van der Waals surface area contributed by atoms with Crippen LogP contribution in [0.1, 0.15) is 5.56 Å². The first kappa shape index (κ1) is 7.54. The SMILES string of the molecule is O=[C]C(O)=Cc1ccccc1. The summed E-state index contributed by atoms with van der Waals surface area (Å²) in [6, 6.07) is 9.08. The van der Waals surface area contributed by atoms with E-state index in [2.05, 4.69) is 0 Å². The van der Waals surface area contributed by atoms with Crippen LogP contribution in [0.5, 0.6) is 0 Å². The molecule has 1 N–H and O–H groups in total. The summed E-state index contributed by atoms with van der Waals surface area (Å²) in [5, 5.41) is 8.75. The molecular formula is C9H7O2. The molecule has 0 saturated heterocycles. The van der Waals surface area contributed by atoms with Gasteiger partial charge in [0.15, 0.2) is 5.76 Å². The highest BCUT2D eigenvalue weighted by molar-refractivity contribution is 5.78. The Kier molecular flexibility index (Phi) is 2.44. The molecule has 0 amide bonds. The molecule has 55 valence electrons. The first-order valence-corrected chi connectivity index (χ1v) is 3.17. The quantitative estimate of drug-likeness (QED) is 0.510. The lowest BCUT2D eigenvalue weighted by Gasteiger charge is -1.89. The van der Waals surface area contributed by atoms with E-state index in [1.165, 1.54) is 12.4 Å². The lowest BCUT2D eigenvalue weighted by molar-refractivity contribution is 0.432. The van der Waals surface area contributed by atoms with Gasteiger partial charge in [0.2, 0.25) is 0 Å². The molecule has 1 aromatic rings. The van der Waals surface area contributed by atoms with Gasteiger partial charge < -0.3 is 5.11 Å². The molecule has 0 saturated carbocycles. The fraction of sp³-hybridized carbons (Fsp3) is 0. The smallest absolute Gasteiger partial charge is 0.271 e. The number of aliphatic hydroxyl groups is 1. The number of aliphatic hydroxyl groups excluding tert-OH is 1. The third-order valence-corrected chi connectivity index (χ3v) is 1.21. The summed E-state index contributed by atoms with van der Waals surface area (Å²) in [4.78, 5) is 9.87. The first-order valence-electron chi connectivity index (χ1n) is 3.17. The number of allylic oxidation sites excluding steroid dienone is 1. The third kappa shape index (κ3) is 2.26. The molecule has 0 bridgehead atoms. The molecule has 0 aliphatic carbocycles. The normalized spacial score (nSPS) is 11.1. The molecule has 0 unspecified atom stereocenters. The summed E-state index contributed by atoms with van der Waals surface area (Å²) in [7, 11) is 0. The zero-order chi connectivity index (χ0) is 8.10. The van der Waals surface area contributed by atoms with Crippen LogP contribution in [-0.2, 0) is 4.79 Å². The van der Waals surface area contributed by atoms with Gasteiger partial charge in [-0.3, -0.25) is 4.79 Å². The van der Waals surface area contributed by atoms with Gasteiger partial charge in [0.1, 0.15) is 0 Å². The average molecular weight is 147 g/mol. The van der Waals surface area contributed by atoms with Crippen molar-refractivity contribution in [3.05, 3.63) is 41.7 Å². The zero-order valence-electron chi connectivity index (χ0n) is 5.82. The van der Waals surface area contributed by atoms with E-state index < -0.39 is 0 Å². The van der Waals surface area contributed by atoms with Crippen LogP contribution in [0.15, 0.2) is 36.1 Å². The minimum atomic E-state index is -0.379. The van der Waals surface area contributed by atoms with Crippen molar-refractivity contribution in [1.82, 2.24) is 0 Å². The van der Waals surface area contributed by atoms with Crippen LogP contribution >= 0.6 is 0 Å². The highest BCUT2D eigenvalue weighted by atomic mass is 16.3. The molecule has 2 heteroatoms. The number of rotatable bonds is 2. The van der Waals surface area contributed by atoms with Gasteiger partial charge >= 0.3 is 0 Å². The maximum atomic E-state index is 9.87. The number of hydrogen-bond donors (Lipinski definition) is 1. The van der Waals surface area contributed by atoms with E-state index in [0.717, 1.165) is 5.56 Å². The molecule has 0 heterocycles. The van der Waals surface area contributed by atoms with Gasteiger partial charge in [-0.15, -0.1) is 0 Å². The Morgan fingerprint density at radius 2 is 2.00 bits per heavy atom. The highest BCUT2D eigenvalue weighted by Gasteiger charge is 1.89. The van der Waals surface area contributed by atoms with Crippen LogP contribution in [-0.4, -0.2) is 11.4 Å². The summed E-state index contributed by atoms with van der Waals surface area (Å²) in [6.45, 7) is 0. The van der Waals surface area contributed by atoms with E-state index in [1.807, 2.05) is 18.2 Å². The second-order valence-corrected chi connectivity index (χ2v) is 2.04. The summed E-state index contributed by atoms with van der Waals surface area (Å²) in [6.07, 6.45) is 2.73. The Hall–Kier alpha value is -1.57. The molecule has 1 radical (unpaired) electrons. The zero-order valence-corrected chi connectivity index (χ0v) is 5.82. The van der Waals surface area contributed by atoms with Crippen molar-refractivity contribution < 1.29 is 9.90 Å². The molecule has 2 nitrogen and oxygen atoms in total. The fourth-order valence-electron chi connectivity index (χ4n) is 0.737. The van der Waals surface area contributed by atoms with Gasteiger partial charge in [0, 0.05) is 0 Å². The van der Waals surface area contributed by atoms with Crippen molar-refractivity contribution in [1.29, 1.82) is 0 Å². The molecule has 0 fully saturated rings. The van der Waals surface area contributed by atoms with Crippen molar-refractivity contribution in [3.63, 3.8) is 0 Å². The summed E-state index contributed by atoms with van der Waals surface area (Å²) in [5.41, 5.74) is 0.786. The lowest BCUT2D eigenvalue weighted by Crippen LogP contribution is -1.80. The number of hydrogen-bond acceptors (Lipinski definition) is 2. The Bertz CT molecular complexity index is 262. The summed E-state index contributed by atoms with van der Waals surface area (Å²) >= 11 is 0. The van der Waals surface area contributed by atoms with Gasteiger partial charge in [0.05, 0.1) is 0 Å². The number of benzene rings is 1. The van der Waals surface area contributed by atoms with Gasteiger partial charge in [-0.1, -0.05) is 30.3 Å². The highest BCUT2D eigenvalue weighted by Crippen LogP contribution is 2.02. The predicted molar refractivity (Wildman–Crippen MR) is 42.7 cm³/mol. The molecular weight excluding hydrogens is 140 g/mol. The average Bonchev–Trinajstić information content (AvgIpc) is 2.06. The second-order valence-electron chi connectivity index (χ2n) is 2.04. The van der Waals surface area contributed by atoms with Crippen molar-refractivity contribution in [3.8, 4) is 0 Å². The maximum Gasteiger partial charge on any atom is 0.271 e. The van der Waals surface area contributed by atoms with E-state index in [-0.39, 0.29) is 5.76 Å². The van der Waals surface area contributed by atoms with Gasteiger partial charge in [-0.2, -0.15) is 0 Å². The van der Waals surface area contributed by atoms with E-state index in [0.29, 0.717) is 0 Å². The Morgan fingerprint density at radius 3 is 2.55 bits per heavy atom. The molecule has 0 spiro atoms. The standard InChI is InChI=1S/C9H7O2/c10-7-9(11)6-8-4-2-1-3-5-8/h1-6,11H. The van der Waals surface area contributed by atoms with Crippen LogP contribution in [0.25, 0.3) is 6.08 Å². The van der Waals surface area contributed by atoms with Crippen LogP contribution in [0.4, 0.5) is 0 Å². The van der Waals surface area contributed by atoms with Gasteiger partial charge in [0.25, 0.3) is 6.29 Å². The van der Waals surface area contributed by atoms with Crippen LogP contribution in [0.2, 0.25) is 0 Å². The van der Waals surface area contributed by atoms with Crippen molar-refractivity contribution in [2.24, 2.45) is 0 Å². The molecule has 11 heavy (non-hydrogen) atoms. The molecule has 0 atom stereocenters. The minimum Gasteiger partial charge on any atom is -0.504 e. The Morgan fingerprint density at radius 1 is 1.36 bits per heavy atom. The second kappa shape index (κ2) is 3.56. The topological polar surface area (TPSA) is 37.3 Å². The fourth-order valence-corrected chi connectivity index (χ4v) is 0.737. The first-order chi connectivity index (χ1) is 5.33. The van der Waals surface area contributed by atoms with E-state index >= 15 is 0 Å². The molecule has 0 aliphatic heterocycles. The van der Waals surface area contributed by atoms with E-state index in [9.17, 15) is 4.79 Å². The summed E-state index contributed by atoms with van der Waals surface area (Å²) in [5.74, 6) is -0.379. The van der Waals surface area contributed by atoms with Crippen LogP contribution < -0.4 is 0 Å². The minimum absolute atomic E-state index is 0.379. The van der Waals surface area contributed by atoms with Crippen molar-refractivity contribution in [2.45, 2.75) is 0 Å². The van der Waals surface area contributed by atoms with Crippen molar-refractivity contribution in [2.75, 3.05) is 0 Å². The Balaban J connectivity index is 2.87. The largest absolute Gasteiger partial charge is 0.504 e. The Labute approximate surface area is 64.8 Å². The number of carbonyl (C=O) groups excluding carboxylic acids is 1. The maximum absolute atomic E-state index is 9.87. The van der Waals surface area contributed by atoms with Gasteiger partial charge in [-0.25, -0.2) is 0 Å². The lowest BCUT2D eigenvalue weighted by atomic mass is 10.2. The summed E-state index contributed by atoms with van der Waals surface area (Å²) < 4.78 is 0. The molecule has 0 aromatic heterocycles. The molecule has 1 aromatic carbocycles. The van der Waals surface area contributed by atoms with Crippen LogP contribution in [0, 0.1) is 0 Å². The van der Waals surface area contributed by atoms with Crippen LogP contribution in [0.3, 0.4) is 0 Å². The van der Waals surface area contributed by atoms with Gasteiger partial charge in [-0.05, 0) is 11.6 Å². The third-order valence-electron chi connectivity index (χ3n) is 1.21. The molecule has 1 rings (SSSR count). The molecule has 0 aliphatic rings. The van der Waals surface area contributed by atoms with E-state index in [1.54, 1.807) is 12.1 Å². The monoisotopic (exact) mass is 147 g/mol.